The van der Waals surface area contributed by atoms with Crippen LogP contribution in [0, 0.1) is 0 Å². The van der Waals surface area contributed by atoms with E-state index in [2.05, 4.69) is 14.8 Å². The highest BCUT2D eigenvalue weighted by molar-refractivity contribution is 7.20. The van der Waals surface area contributed by atoms with E-state index < -0.39 is 6.36 Å². The Kier molecular flexibility index (Phi) is 4.86. The molecule has 0 bridgehead atoms. The highest BCUT2D eigenvalue weighted by atomic mass is 32.1. The molecule has 0 aliphatic carbocycles. The van der Waals surface area contributed by atoms with Crippen LogP contribution in [-0.2, 0) is 13.0 Å². The fourth-order valence-corrected chi connectivity index (χ4v) is 3.25. The minimum atomic E-state index is -4.73. The number of aromatic nitrogens is 3. The molecule has 6 nitrogen and oxygen atoms in total. The maximum Gasteiger partial charge on any atom is 0.573 e. The number of alkyl halides is 3. The Bertz CT molecular complexity index is 984. The molecule has 0 aliphatic heterocycles. The van der Waals surface area contributed by atoms with E-state index in [1.165, 1.54) is 40.1 Å². The fourth-order valence-electron chi connectivity index (χ4n) is 2.36. The van der Waals surface area contributed by atoms with Crippen molar-refractivity contribution in [3.8, 4) is 5.75 Å². The monoisotopic (exact) mass is 384 g/mol. The van der Waals surface area contributed by atoms with Crippen molar-refractivity contribution in [2.45, 2.75) is 26.3 Å². The van der Waals surface area contributed by atoms with Crippen molar-refractivity contribution >= 4 is 21.4 Å². The maximum absolute atomic E-state index is 12.3. The molecule has 0 aliphatic rings. The predicted octanol–water partition coefficient (Wildman–Crippen LogP) is 3.25. The summed E-state index contributed by atoms with van der Waals surface area (Å²) in [7, 11) is 1.74. The molecule has 2 aromatic heterocycles. The van der Waals surface area contributed by atoms with Gasteiger partial charge >= 0.3 is 6.36 Å². The van der Waals surface area contributed by atoms with Gasteiger partial charge in [0, 0.05) is 25.4 Å². The smallest absolute Gasteiger partial charge is 0.406 e. The molecule has 0 N–H and O–H groups in total. The maximum atomic E-state index is 12.3. The van der Waals surface area contributed by atoms with Gasteiger partial charge in [-0.25, -0.2) is 4.98 Å². The Labute approximate surface area is 150 Å². The third kappa shape index (κ3) is 4.13. The number of nitrogens with zero attached hydrogens (tertiary/aromatic N) is 4. The summed E-state index contributed by atoms with van der Waals surface area (Å²) in [5.41, 5.74) is 1.04. The second kappa shape index (κ2) is 6.94. The molecule has 3 aromatic rings. The van der Waals surface area contributed by atoms with Crippen molar-refractivity contribution in [1.29, 1.82) is 0 Å². The molecule has 10 heteroatoms. The lowest BCUT2D eigenvalue weighted by molar-refractivity contribution is -0.274. The van der Waals surface area contributed by atoms with Gasteiger partial charge in [0.1, 0.15) is 5.75 Å². The number of ether oxygens (including phenoxy) is 1. The van der Waals surface area contributed by atoms with Gasteiger partial charge in [-0.05, 0) is 24.1 Å². The van der Waals surface area contributed by atoms with Gasteiger partial charge in [0.15, 0.2) is 0 Å². The molecule has 0 unspecified atom stereocenters. The molecule has 0 saturated carbocycles. The molecule has 3 rings (SSSR count). The highest BCUT2D eigenvalue weighted by Gasteiger charge is 2.31. The number of hydrogen-bond donors (Lipinski definition) is 0. The SMILES string of the molecule is CCc1cc(=O)n2nc(N(C)Cc3cccc(OC(F)(F)F)c3)sc2n1. The van der Waals surface area contributed by atoms with E-state index in [1.54, 1.807) is 18.0 Å². The average Bonchev–Trinajstić information content (AvgIpc) is 2.98. The molecular weight excluding hydrogens is 369 g/mol. The molecule has 0 amide bonds. The van der Waals surface area contributed by atoms with Gasteiger partial charge in [-0.3, -0.25) is 4.79 Å². The largest absolute Gasteiger partial charge is 0.573 e. The first kappa shape index (κ1) is 18.2. The van der Waals surface area contributed by atoms with Crippen molar-refractivity contribution in [1.82, 2.24) is 14.6 Å². The van der Waals surface area contributed by atoms with Crippen molar-refractivity contribution < 1.29 is 17.9 Å². The molecule has 2 heterocycles. The van der Waals surface area contributed by atoms with Crippen LogP contribution in [0.2, 0.25) is 0 Å². The number of benzene rings is 1. The number of halogens is 3. The van der Waals surface area contributed by atoms with E-state index >= 15 is 0 Å². The van der Waals surface area contributed by atoms with Gasteiger partial charge in [-0.15, -0.1) is 18.3 Å². The third-order valence-corrected chi connectivity index (χ3v) is 4.55. The van der Waals surface area contributed by atoms with Gasteiger partial charge < -0.3 is 9.64 Å². The van der Waals surface area contributed by atoms with Crippen LogP contribution < -0.4 is 15.2 Å². The first-order chi connectivity index (χ1) is 12.2. The van der Waals surface area contributed by atoms with Crippen LogP contribution in [0.1, 0.15) is 18.2 Å². The summed E-state index contributed by atoms with van der Waals surface area (Å²) >= 11 is 1.24. The van der Waals surface area contributed by atoms with Crippen LogP contribution in [0.15, 0.2) is 35.1 Å². The molecule has 26 heavy (non-hydrogen) atoms. The van der Waals surface area contributed by atoms with Gasteiger partial charge in [0.05, 0.1) is 0 Å². The van der Waals surface area contributed by atoms with Gasteiger partial charge in [0.25, 0.3) is 5.56 Å². The molecule has 0 spiro atoms. The number of rotatable bonds is 5. The van der Waals surface area contributed by atoms with E-state index in [9.17, 15) is 18.0 Å². The lowest BCUT2D eigenvalue weighted by Gasteiger charge is -2.16. The van der Waals surface area contributed by atoms with Gasteiger partial charge in [0.2, 0.25) is 10.1 Å². The van der Waals surface area contributed by atoms with E-state index in [0.717, 1.165) is 0 Å². The Balaban J connectivity index is 1.83. The zero-order valence-corrected chi connectivity index (χ0v) is 14.8. The zero-order chi connectivity index (χ0) is 18.9. The second-order valence-electron chi connectivity index (χ2n) is 5.57. The number of fused-ring (bicyclic) bond motifs is 1. The Morgan fingerprint density at radius 1 is 1.31 bits per heavy atom. The van der Waals surface area contributed by atoms with Crippen LogP contribution in [0.4, 0.5) is 18.3 Å². The van der Waals surface area contributed by atoms with E-state index in [0.29, 0.717) is 34.3 Å². The summed E-state index contributed by atoms with van der Waals surface area (Å²) in [5, 5.41) is 4.77. The Morgan fingerprint density at radius 3 is 2.77 bits per heavy atom. The third-order valence-electron chi connectivity index (χ3n) is 3.53. The summed E-state index contributed by atoms with van der Waals surface area (Å²) in [6.07, 6.45) is -4.10. The van der Waals surface area contributed by atoms with Crippen LogP contribution in [0.25, 0.3) is 4.96 Å². The quantitative estimate of drug-likeness (QED) is 0.676. The molecule has 0 saturated heterocycles. The van der Waals surface area contributed by atoms with Crippen LogP contribution in [-0.4, -0.2) is 28.0 Å². The molecule has 0 atom stereocenters. The van der Waals surface area contributed by atoms with E-state index in [4.69, 9.17) is 0 Å². The first-order valence-corrected chi connectivity index (χ1v) is 8.52. The molecule has 0 fully saturated rings. The van der Waals surface area contributed by atoms with Crippen LogP contribution in [0.3, 0.4) is 0 Å². The van der Waals surface area contributed by atoms with E-state index in [-0.39, 0.29) is 11.3 Å². The fraction of sp³-hybridized carbons (Fsp3) is 0.312. The average molecular weight is 384 g/mol. The second-order valence-corrected chi connectivity index (χ2v) is 6.50. The lowest BCUT2D eigenvalue weighted by Crippen LogP contribution is -2.19. The van der Waals surface area contributed by atoms with Crippen molar-refractivity contribution in [3.63, 3.8) is 0 Å². The van der Waals surface area contributed by atoms with Crippen molar-refractivity contribution in [3.05, 3.63) is 51.9 Å². The zero-order valence-electron chi connectivity index (χ0n) is 13.9. The number of anilines is 1. The summed E-state index contributed by atoms with van der Waals surface area (Å²) in [6.45, 7) is 2.20. The summed E-state index contributed by atoms with van der Waals surface area (Å²) in [4.78, 5) is 18.6. The van der Waals surface area contributed by atoms with E-state index in [1.807, 2.05) is 6.92 Å². The van der Waals surface area contributed by atoms with Crippen LogP contribution in [0.5, 0.6) is 5.75 Å². The summed E-state index contributed by atoms with van der Waals surface area (Å²) in [5.74, 6) is -0.279. The topological polar surface area (TPSA) is 59.7 Å². The normalized spacial score (nSPS) is 11.7. The Hall–Kier alpha value is -2.62. The van der Waals surface area contributed by atoms with Crippen molar-refractivity contribution in [2.24, 2.45) is 0 Å². The number of aryl methyl sites for hydroxylation is 1. The molecule has 0 radical (unpaired) electrons. The Morgan fingerprint density at radius 2 is 2.08 bits per heavy atom. The summed E-state index contributed by atoms with van der Waals surface area (Å²) < 4.78 is 42.2. The van der Waals surface area contributed by atoms with Gasteiger partial charge in [-0.1, -0.05) is 30.4 Å². The molecule has 1 aromatic carbocycles. The minimum Gasteiger partial charge on any atom is -0.406 e. The number of hydrogen-bond acceptors (Lipinski definition) is 6. The lowest BCUT2D eigenvalue weighted by atomic mass is 10.2. The predicted molar refractivity (Wildman–Crippen MR) is 91.7 cm³/mol. The van der Waals surface area contributed by atoms with Crippen LogP contribution >= 0.6 is 11.3 Å². The molecular formula is C16H15F3N4O2S. The molecule has 138 valence electrons. The van der Waals surface area contributed by atoms with Gasteiger partial charge in [-0.2, -0.15) is 4.52 Å². The standard InChI is InChI=1S/C16H15F3N4O2S/c1-3-11-8-13(24)23-14(20-11)26-15(21-23)22(2)9-10-5-4-6-12(7-10)25-16(17,18)19/h4-8H,3,9H2,1-2H3. The minimum absolute atomic E-state index is 0.261. The summed E-state index contributed by atoms with van der Waals surface area (Å²) in [6, 6.07) is 7.17. The first-order valence-electron chi connectivity index (χ1n) is 7.71. The highest BCUT2D eigenvalue weighted by Crippen LogP contribution is 2.26. The van der Waals surface area contributed by atoms with Crippen molar-refractivity contribution in [2.75, 3.05) is 11.9 Å².